The quantitative estimate of drug-likeness (QED) is 0.894. The van der Waals surface area contributed by atoms with Crippen molar-refractivity contribution < 1.29 is 4.79 Å². The van der Waals surface area contributed by atoms with Crippen molar-refractivity contribution in [1.29, 1.82) is 0 Å². The van der Waals surface area contributed by atoms with Gasteiger partial charge in [0.2, 0.25) is 5.91 Å². The topological polar surface area (TPSA) is 37.3 Å². The molecule has 1 aromatic rings. The molecule has 3 heterocycles. The van der Waals surface area contributed by atoms with Gasteiger partial charge in [0.15, 0.2) is 0 Å². The van der Waals surface area contributed by atoms with Crippen LogP contribution >= 0.6 is 0 Å². The van der Waals surface area contributed by atoms with E-state index in [1.807, 2.05) is 42.9 Å². The fourth-order valence-electron chi connectivity index (χ4n) is 3.73. The Labute approximate surface area is 121 Å². The smallest absolute Gasteiger partial charge is 0.248 e. The molecule has 0 aromatic carbocycles. The van der Waals surface area contributed by atoms with Crippen molar-refractivity contribution in [3.05, 3.63) is 24.5 Å². The average molecular weight is 275 g/mol. The maximum atomic E-state index is 12.9. The van der Waals surface area contributed by atoms with Crippen LogP contribution < -0.4 is 5.32 Å². The summed E-state index contributed by atoms with van der Waals surface area (Å²) < 4.78 is 2.02. The summed E-state index contributed by atoms with van der Waals surface area (Å²) in [5.74, 6) is 0.250. The standard InChI is InChI=1S/C16H25N3O/c1-15(2,19-10-3-4-11-19)14(20)18-9-5-6-16(13-18)7-8-17-12-16/h3-4,10-11,17H,5-9,12-13H2,1-2H3/t16-/m0/s1. The van der Waals surface area contributed by atoms with Crippen molar-refractivity contribution in [1.82, 2.24) is 14.8 Å². The Bertz CT molecular complexity index is 472. The second-order valence-electron chi connectivity index (χ2n) is 6.91. The first-order chi connectivity index (χ1) is 9.54. The zero-order chi connectivity index (χ0) is 14.2. The normalized spacial score (nSPS) is 27.2. The molecule has 0 saturated carbocycles. The van der Waals surface area contributed by atoms with Crippen LogP contribution in [0.1, 0.15) is 33.1 Å². The van der Waals surface area contributed by atoms with Gasteiger partial charge in [-0.2, -0.15) is 0 Å². The van der Waals surface area contributed by atoms with Crippen LogP contribution in [-0.2, 0) is 10.3 Å². The van der Waals surface area contributed by atoms with Crippen LogP contribution in [0.15, 0.2) is 24.5 Å². The third-order valence-corrected chi connectivity index (χ3v) is 5.05. The third kappa shape index (κ3) is 2.26. The van der Waals surface area contributed by atoms with E-state index in [1.165, 1.54) is 12.8 Å². The lowest BCUT2D eigenvalue weighted by Gasteiger charge is -2.43. The molecule has 0 radical (unpaired) electrons. The first kappa shape index (κ1) is 13.7. The number of carbonyl (C=O) groups excluding carboxylic acids is 1. The number of aromatic nitrogens is 1. The molecular weight excluding hydrogens is 250 g/mol. The van der Waals surface area contributed by atoms with E-state index in [9.17, 15) is 4.79 Å². The maximum Gasteiger partial charge on any atom is 0.248 e. The van der Waals surface area contributed by atoms with Gasteiger partial charge in [-0.05, 0) is 51.8 Å². The van der Waals surface area contributed by atoms with Gasteiger partial charge >= 0.3 is 0 Å². The van der Waals surface area contributed by atoms with Gasteiger partial charge in [0, 0.05) is 37.4 Å². The Hall–Kier alpha value is -1.29. The minimum absolute atomic E-state index is 0.250. The van der Waals surface area contributed by atoms with E-state index in [-0.39, 0.29) is 5.91 Å². The Morgan fingerprint density at radius 2 is 2.00 bits per heavy atom. The molecule has 1 spiro atoms. The van der Waals surface area contributed by atoms with Crippen LogP contribution in [-0.4, -0.2) is 41.6 Å². The second kappa shape index (κ2) is 4.92. The number of hydrogen-bond donors (Lipinski definition) is 1. The molecule has 110 valence electrons. The first-order valence-electron chi connectivity index (χ1n) is 7.67. The van der Waals surface area contributed by atoms with Crippen molar-refractivity contribution in [3.8, 4) is 0 Å². The molecule has 4 heteroatoms. The number of nitrogens with one attached hydrogen (secondary N) is 1. The highest BCUT2D eigenvalue weighted by Crippen LogP contribution is 2.36. The summed E-state index contributed by atoms with van der Waals surface area (Å²) in [5, 5.41) is 3.47. The number of likely N-dealkylation sites (tertiary alicyclic amines) is 1. The highest BCUT2D eigenvalue weighted by atomic mass is 16.2. The molecule has 2 saturated heterocycles. The fraction of sp³-hybridized carbons (Fsp3) is 0.688. The lowest BCUT2D eigenvalue weighted by atomic mass is 9.79. The number of rotatable bonds is 2. The summed E-state index contributed by atoms with van der Waals surface area (Å²) in [6.07, 6.45) is 7.56. The highest BCUT2D eigenvalue weighted by molar-refractivity contribution is 5.84. The summed E-state index contributed by atoms with van der Waals surface area (Å²) in [5.41, 5.74) is -0.158. The van der Waals surface area contributed by atoms with Gasteiger partial charge in [-0.3, -0.25) is 4.79 Å². The monoisotopic (exact) mass is 275 g/mol. The maximum absolute atomic E-state index is 12.9. The minimum atomic E-state index is -0.492. The molecule has 0 aliphatic carbocycles. The zero-order valence-corrected chi connectivity index (χ0v) is 12.6. The van der Waals surface area contributed by atoms with E-state index in [0.29, 0.717) is 5.41 Å². The molecule has 2 aliphatic rings. The van der Waals surface area contributed by atoms with Gasteiger partial charge in [0.25, 0.3) is 0 Å². The van der Waals surface area contributed by atoms with Crippen LogP contribution in [0.4, 0.5) is 0 Å². The minimum Gasteiger partial charge on any atom is -0.340 e. The van der Waals surface area contributed by atoms with Crippen LogP contribution in [0.2, 0.25) is 0 Å². The van der Waals surface area contributed by atoms with E-state index < -0.39 is 5.54 Å². The molecule has 2 aliphatic heterocycles. The number of piperidine rings is 1. The predicted molar refractivity (Wildman–Crippen MR) is 79.5 cm³/mol. The van der Waals surface area contributed by atoms with Gasteiger partial charge in [0.1, 0.15) is 5.54 Å². The fourth-order valence-corrected chi connectivity index (χ4v) is 3.73. The van der Waals surface area contributed by atoms with Crippen LogP contribution in [0, 0.1) is 5.41 Å². The largest absolute Gasteiger partial charge is 0.340 e. The highest BCUT2D eigenvalue weighted by Gasteiger charge is 2.42. The van der Waals surface area contributed by atoms with Crippen molar-refractivity contribution in [2.24, 2.45) is 5.41 Å². The van der Waals surface area contributed by atoms with Crippen LogP contribution in [0.3, 0.4) is 0 Å². The van der Waals surface area contributed by atoms with Gasteiger partial charge in [-0.1, -0.05) is 0 Å². The molecule has 2 fully saturated rings. The Morgan fingerprint density at radius 1 is 1.25 bits per heavy atom. The molecular formula is C16H25N3O. The molecule has 0 bridgehead atoms. The molecule has 1 aromatic heterocycles. The van der Waals surface area contributed by atoms with Crippen molar-refractivity contribution in [3.63, 3.8) is 0 Å². The number of hydrogen-bond acceptors (Lipinski definition) is 2. The van der Waals surface area contributed by atoms with Gasteiger partial charge < -0.3 is 14.8 Å². The van der Waals surface area contributed by atoms with E-state index in [4.69, 9.17) is 0 Å². The lowest BCUT2D eigenvalue weighted by molar-refractivity contribution is -0.142. The molecule has 1 atom stereocenters. The number of nitrogens with zero attached hydrogens (tertiary/aromatic N) is 2. The summed E-state index contributed by atoms with van der Waals surface area (Å²) in [4.78, 5) is 15.0. The van der Waals surface area contributed by atoms with Gasteiger partial charge in [-0.15, -0.1) is 0 Å². The van der Waals surface area contributed by atoms with E-state index in [1.54, 1.807) is 0 Å². The van der Waals surface area contributed by atoms with E-state index in [0.717, 1.165) is 32.6 Å². The number of carbonyl (C=O) groups is 1. The number of amides is 1. The molecule has 1 amide bonds. The summed E-state index contributed by atoms with van der Waals surface area (Å²) in [6, 6.07) is 3.96. The molecule has 0 unspecified atom stereocenters. The van der Waals surface area contributed by atoms with Gasteiger partial charge in [0.05, 0.1) is 0 Å². The molecule has 4 nitrogen and oxygen atoms in total. The Kier molecular flexibility index (Phi) is 3.36. The second-order valence-corrected chi connectivity index (χ2v) is 6.91. The van der Waals surface area contributed by atoms with Gasteiger partial charge in [-0.25, -0.2) is 0 Å². The summed E-state index contributed by atoms with van der Waals surface area (Å²) in [7, 11) is 0. The lowest BCUT2D eigenvalue weighted by Crippen LogP contribution is -2.53. The van der Waals surface area contributed by atoms with E-state index >= 15 is 0 Å². The summed E-state index contributed by atoms with van der Waals surface area (Å²) >= 11 is 0. The molecule has 1 N–H and O–H groups in total. The summed E-state index contributed by atoms with van der Waals surface area (Å²) in [6.45, 7) is 8.03. The van der Waals surface area contributed by atoms with E-state index in [2.05, 4.69) is 10.2 Å². The zero-order valence-electron chi connectivity index (χ0n) is 12.6. The molecule has 3 rings (SSSR count). The predicted octanol–water partition coefficient (Wildman–Crippen LogP) is 1.83. The Morgan fingerprint density at radius 3 is 2.65 bits per heavy atom. The van der Waals surface area contributed by atoms with Crippen LogP contribution in [0.25, 0.3) is 0 Å². The third-order valence-electron chi connectivity index (χ3n) is 5.05. The first-order valence-corrected chi connectivity index (χ1v) is 7.67. The van der Waals surface area contributed by atoms with Crippen LogP contribution in [0.5, 0.6) is 0 Å². The van der Waals surface area contributed by atoms with Crippen molar-refractivity contribution in [2.45, 2.75) is 38.6 Å². The van der Waals surface area contributed by atoms with Crippen molar-refractivity contribution >= 4 is 5.91 Å². The average Bonchev–Trinajstić information content (AvgIpc) is 3.10. The Balaban J connectivity index is 1.76. The molecule has 20 heavy (non-hydrogen) atoms. The van der Waals surface area contributed by atoms with Crippen molar-refractivity contribution in [2.75, 3.05) is 26.2 Å². The SMILES string of the molecule is CC(C)(C(=O)N1CCC[C@@]2(CCNC2)C1)n1cccc1.